The van der Waals surface area contributed by atoms with E-state index in [-0.39, 0.29) is 10.8 Å². The molecule has 0 bridgehead atoms. The highest BCUT2D eigenvalue weighted by Gasteiger charge is 2.20. The molecule has 5 nitrogen and oxygen atoms in total. The number of H-pyrrole nitrogens is 1. The van der Waals surface area contributed by atoms with Crippen molar-refractivity contribution in [1.29, 1.82) is 0 Å². The van der Waals surface area contributed by atoms with Crippen molar-refractivity contribution in [2.45, 2.75) is 52.4 Å². The van der Waals surface area contributed by atoms with Gasteiger partial charge in [0, 0.05) is 480 Å². The molecule has 0 unspecified atom stereocenters. The smallest absolute Gasteiger partial charge is 0.142 e. The number of fused-ring (bicyclic) bond motifs is 1. The summed E-state index contributed by atoms with van der Waals surface area (Å²) in [4.78, 5) is 17.1. The van der Waals surface area contributed by atoms with Crippen LogP contribution in [-0.4, -0.2) is 19.9 Å². The number of nitrogens with two attached hydrogens (primary N) is 1. The second-order valence-electron chi connectivity index (χ2n) is 11.6. The molecule has 75 heavy (non-hydrogen) atoms. The molecule has 0 aliphatic rings. The molecule has 0 radical (unpaired) electrons. The predicted molar refractivity (Wildman–Crippen MR) is 475 cm³/mol. The van der Waals surface area contributed by atoms with Crippen LogP contribution in [0.2, 0.25) is 0 Å². The van der Waals surface area contributed by atoms with Crippen molar-refractivity contribution in [2.75, 3.05) is 5.73 Å². The fourth-order valence-corrected chi connectivity index (χ4v) is 132. The molecule has 3 aromatic rings. The van der Waals surface area contributed by atoms with Gasteiger partial charge in [-0.1, -0.05) is 41.5 Å². The molecule has 56 heteroatoms. The van der Waals surface area contributed by atoms with Crippen LogP contribution in [0.5, 0.6) is 0 Å². The van der Waals surface area contributed by atoms with Gasteiger partial charge in [0.15, 0.2) is 0 Å². The van der Waals surface area contributed by atoms with E-state index in [9.17, 15) is 0 Å². The quantitative estimate of drug-likeness (QED) is 0.383. The van der Waals surface area contributed by atoms with Gasteiger partial charge in [-0.15, -0.1) is 0 Å². The highest BCUT2D eigenvalue weighted by molar-refractivity contribution is 8.82. The molecular formula is C19H25N5S51. The van der Waals surface area contributed by atoms with E-state index in [1.165, 1.54) is 17.8 Å². The molecule has 3 heterocycles. The third kappa shape index (κ3) is 47.4. The zero-order valence-corrected chi connectivity index (χ0v) is 77.7. The van der Waals surface area contributed by atoms with E-state index >= 15 is 0 Å². The summed E-state index contributed by atoms with van der Waals surface area (Å²) in [7, 11) is 87.5. The fraction of sp³-hybridized carbons (Fsp3) is 0.421. The van der Waals surface area contributed by atoms with Crippen molar-refractivity contribution in [3.05, 3.63) is 35.8 Å². The SMILES string of the molecule is CC(C)(C)c1cc2nc(-c3ccc(C(C)(C)C)nc3N)[nH]c2cn1.S=S=S=S=S=S=S=S=S=S=S=S=S=S=S=S=S=S=S=S=S=S=S=S=S=S=S=S=S=S=S=S=S=S=S=S=S=S=S=S=S=S=S=S=S=S=S=S=S=S=S. The Morgan fingerprint density at radius 2 is 0.613 bits per heavy atom. The summed E-state index contributed by atoms with van der Waals surface area (Å²) in [6, 6.07) is 6.03. The molecule has 0 aromatic carbocycles. The highest BCUT2D eigenvalue weighted by Crippen LogP contribution is 2.29. The Morgan fingerprint density at radius 1 is 0.360 bits per heavy atom. The zero-order chi connectivity index (χ0) is 54.3. The Labute approximate surface area is 584 Å². The van der Waals surface area contributed by atoms with Crippen molar-refractivity contribution < 1.29 is 0 Å². The van der Waals surface area contributed by atoms with Crippen LogP contribution in [0.3, 0.4) is 0 Å². The number of anilines is 1. The van der Waals surface area contributed by atoms with Crippen molar-refractivity contribution in [3.8, 4) is 11.4 Å². The van der Waals surface area contributed by atoms with Gasteiger partial charge in [0.25, 0.3) is 0 Å². The van der Waals surface area contributed by atoms with Gasteiger partial charge >= 0.3 is 0 Å². The average Bonchev–Trinajstić information content (AvgIpc) is 3.82. The first-order valence-corrected chi connectivity index (χ1v) is 83.2. The van der Waals surface area contributed by atoms with Crippen LogP contribution in [-0.2, 0) is 468 Å². The zero-order valence-electron chi connectivity index (χ0n) is 36.0. The maximum absolute atomic E-state index is 6.18. The lowest BCUT2D eigenvalue weighted by Gasteiger charge is -2.18. The first-order chi connectivity index (χ1) is 36.5. The van der Waals surface area contributed by atoms with Gasteiger partial charge in [-0.05, 0) is 18.2 Å². The molecule has 0 atom stereocenters. The lowest BCUT2D eigenvalue weighted by molar-refractivity contribution is 0.570. The minimum Gasteiger partial charge on any atom is -0.383 e. The summed E-state index contributed by atoms with van der Waals surface area (Å²) >= 11 is 9.63. The summed E-state index contributed by atoms with van der Waals surface area (Å²) in [6.07, 6.45) is 1.83. The molecule has 3 aromatic heterocycles. The van der Waals surface area contributed by atoms with Crippen molar-refractivity contribution in [1.82, 2.24) is 19.9 Å². The van der Waals surface area contributed by atoms with Crippen LogP contribution in [0.1, 0.15) is 52.9 Å². The second kappa shape index (κ2) is 56.7. The first kappa shape index (κ1) is 79.9. The van der Waals surface area contributed by atoms with Crippen LogP contribution < -0.4 is 5.73 Å². The van der Waals surface area contributed by atoms with E-state index in [4.69, 9.17) is 33.1 Å². The van der Waals surface area contributed by atoms with Crippen molar-refractivity contribution in [3.63, 3.8) is 0 Å². The number of hydrogen-bond donors (Lipinski definition) is 2. The van der Waals surface area contributed by atoms with Crippen LogP contribution in [0, 0.1) is 0 Å². The summed E-state index contributed by atoms with van der Waals surface area (Å²) < 4.78 is 0. The number of nitrogen functional groups attached to an aromatic ring is 1. The van der Waals surface area contributed by atoms with Gasteiger partial charge in [0.1, 0.15) is 11.6 Å². The van der Waals surface area contributed by atoms with Crippen molar-refractivity contribution >= 4 is 474 Å². The average molecular weight is 1960 g/mol. The summed E-state index contributed by atoms with van der Waals surface area (Å²) in [5.74, 6) is 1.22. The maximum atomic E-state index is 6.18. The Kier molecular flexibility index (Phi) is 60.4. The Morgan fingerprint density at radius 3 is 0.840 bits per heavy atom. The molecule has 0 saturated carbocycles. The highest BCUT2D eigenvalue weighted by atomic mass is 33.5. The summed E-state index contributed by atoms with van der Waals surface area (Å²) in [6.45, 7) is 12.8. The monoisotopic (exact) mass is 1950 g/mol. The standard InChI is InChI=1S/C19H25N5.S51/c1-18(2,3)14-8-7-11(16(20)24-14)17-22-12-9-15(19(4,5)6)21-10-13(12)23-17;1-3-5-7-9-11-13-15-17-19-21-23-25-27-29-31-33-35-37-39-41-43-45-47-49-51-50-48-46-44-42-40-38-36-34-32-30-28-26-24-22-20-18-16-14-12-10-8-6-4-2/h7-10H,1-6H3,(H2,20,24)(H,22,23);. The van der Waals surface area contributed by atoms with Gasteiger partial charge in [-0.2, -0.15) is 0 Å². The number of aromatic amines is 1. The number of imidazole rings is 1. The Bertz CT molecular complexity index is 4740. The van der Waals surface area contributed by atoms with E-state index in [0.717, 1.165) is 33.8 Å². The van der Waals surface area contributed by atoms with Gasteiger partial charge < -0.3 is 10.7 Å². The molecule has 0 spiro atoms. The van der Waals surface area contributed by atoms with Crippen LogP contribution in [0.15, 0.2) is 24.4 Å². The molecule has 3 rings (SSSR count). The van der Waals surface area contributed by atoms with E-state index in [1.807, 2.05) is 335 Å². The van der Waals surface area contributed by atoms with Crippen LogP contribution in [0.4, 0.5) is 5.82 Å². The molecule has 432 valence electrons. The largest absolute Gasteiger partial charge is 0.383 e. The van der Waals surface area contributed by atoms with Crippen molar-refractivity contribution in [2.24, 2.45) is 0 Å². The van der Waals surface area contributed by atoms with Crippen LogP contribution in [0.25, 0.3) is 22.4 Å². The second-order valence-corrected chi connectivity index (χ2v) is 98.3. The Hall–Kier alpha value is 8.79. The molecule has 0 aliphatic heterocycles. The van der Waals surface area contributed by atoms with E-state index in [2.05, 4.69) is 56.5 Å². The van der Waals surface area contributed by atoms with E-state index in [0.29, 0.717) is 5.82 Å². The van der Waals surface area contributed by atoms with Gasteiger partial charge in [-0.3, -0.25) is 4.98 Å². The van der Waals surface area contributed by atoms with Gasteiger partial charge in [0.2, 0.25) is 0 Å². The van der Waals surface area contributed by atoms with Gasteiger partial charge in [-0.25, -0.2) is 9.97 Å². The first-order valence-electron chi connectivity index (χ1n) is 16.5. The lowest BCUT2D eigenvalue weighted by atomic mass is 9.91. The molecule has 0 amide bonds. The number of pyridine rings is 2. The fourth-order valence-electron chi connectivity index (χ4n) is 3.07. The number of hydrogen-bond acceptors (Lipinski definition) is 6. The topological polar surface area (TPSA) is 80.5 Å². The molecule has 0 aliphatic carbocycles. The molecular weight excluding hydrogens is 1930 g/mol. The molecule has 3 N–H and O–H groups in total. The maximum Gasteiger partial charge on any atom is 0.142 e. The Balaban J connectivity index is 0.000000657. The predicted octanol–water partition coefficient (Wildman–Crippen LogP) is 4.07. The van der Waals surface area contributed by atoms with Crippen LogP contribution >= 0.6 is 0 Å². The van der Waals surface area contributed by atoms with E-state index < -0.39 is 0 Å². The molecule has 0 saturated heterocycles. The van der Waals surface area contributed by atoms with E-state index in [1.54, 1.807) is 107 Å². The number of aromatic nitrogens is 4. The normalized spacial score (nSPS) is 9.36. The van der Waals surface area contributed by atoms with Gasteiger partial charge in [0.05, 0.1) is 22.8 Å². The minimum absolute atomic E-state index is 0.0117. The summed E-state index contributed by atoms with van der Waals surface area (Å²) in [5, 5.41) is 0. The molecule has 0 fully saturated rings. The number of nitrogens with zero attached hydrogens (tertiary/aromatic N) is 3. The summed E-state index contributed by atoms with van der Waals surface area (Å²) in [5.41, 5.74) is 10.7. The number of nitrogens with one attached hydrogen (secondary N) is 1. The third-order valence-electron chi connectivity index (χ3n) is 5.42. The number of rotatable bonds is 1. The lowest BCUT2D eigenvalue weighted by Crippen LogP contribution is -2.14. The third-order valence-corrected chi connectivity index (χ3v) is 112. The minimum atomic E-state index is -0.0357.